The summed E-state index contributed by atoms with van der Waals surface area (Å²) in [5, 5.41) is 10.8. The lowest BCUT2D eigenvalue weighted by atomic mass is 9.98. The van der Waals surface area contributed by atoms with Gasteiger partial charge < -0.3 is 34.5 Å². The molecule has 2 aliphatic carbocycles. The van der Waals surface area contributed by atoms with Crippen LogP contribution in [0, 0.1) is 17.8 Å². The molecule has 10 heteroatoms. The zero-order valence-corrected chi connectivity index (χ0v) is 27.1. The van der Waals surface area contributed by atoms with Crippen LogP contribution in [0.4, 0.5) is 0 Å². The van der Waals surface area contributed by atoms with Gasteiger partial charge >= 0.3 is 0 Å². The van der Waals surface area contributed by atoms with Crippen LogP contribution in [0.15, 0.2) is 66.7 Å². The van der Waals surface area contributed by atoms with Crippen molar-refractivity contribution in [2.24, 2.45) is 23.5 Å². The minimum absolute atomic E-state index is 0.0147. The van der Waals surface area contributed by atoms with Crippen molar-refractivity contribution in [1.29, 1.82) is 0 Å². The quantitative estimate of drug-likeness (QED) is 0.242. The molecule has 2 unspecified atom stereocenters. The Kier molecular flexibility index (Phi) is 6.79. The molecule has 9 rings (SSSR count). The number of aromatic nitrogens is 3. The van der Waals surface area contributed by atoms with Gasteiger partial charge in [0.1, 0.15) is 17.0 Å². The normalized spacial score (nSPS) is 22.2. The largest absolute Gasteiger partial charge is 0.508 e. The Morgan fingerprint density at radius 1 is 0.875 bits per heavy atom. The van der Waals surface area contributed by atoms with Gasteiger partial charge in [0.05, 0.1) is 18.3 Å². The van der Waals surface area contributed by atoms with E-state index in [1.807, 2.05) is 21.9 Å². The SMILES string of the molecule is COc1cc(C(=O)N2CC3CCC2[C@@H]3N)cc2nc(-c3cc4ccccc4n3CC3CC3)n(CC3CN(C(=O)c4ccc(O)cc4)C3)c12. The first-order chi connectivity index (χ1) is 23.4. The van der Waals surface area contributed by atoms with Gasteiger partial charge in [-0.3, -0.25) is 9.59 Å². The molecule has 2 aliphatic heterocycles. The Labute approximate surface area is 278 Å². The number of ether oxygens (including phenoxy) is 1. The van der Waals surface area contributed by atoms with Crippen LogP contribution in [0.1, 0.15) is 46.4 Å². The number of carbonyl (C=O) groups is 2. The molecule has 5 aromatic rings. The number of carbonyl (C=O) groups excluding carboxylic acids is 2. The number of methoxy groups -OCH3 is 1. The first-order valence-electron chi connectivity index (χ1n) is 17.2. The Hall–Kier alpha value is -4.83. The number of aromatic hydroxyl groups is 1. The maximum atomic E-state index is 13.9. The van der Waals surface area contributed by atoms with Crippen molar-refractivity contribution in [2.75, 3.05) is 26.7 Å². The van der Waals surface area contributed by atoms with Gasteiger partial charge in [-0.1, -0.05) is 18.2 Å². The molecule has 0 radical (unpaired) electrons. The summed E-state index contributed by atoms with van der Waals surface area (Å²) in [6, 6.07) is 21.1. The van der Waals surface area contributed by atoms with Crippen LogP contribution in [-0.2, 0) is 13.1 Å². The lowest BCUT2D eigenvalue weighted by molar-refractivity contribution is 0.0471. The Morgan fingerprint density at radius 2 is 1.65 bits per heavy atom. The van der Waals surface area contributed by atoms with Crippen LogP contribution in [0.3, 0.4) is 0 Å². The van der Waals surface area contributed by atoms with Crippen molar-refractivity contribution in [3.63, 3.8) is 0 Å². The summed E-state index contributed by atoms with van der Waals surface area (Å²) in [5.41, 5.74) is 11.4. The first-order valence-corrected chi connectivity index (χ1v) is 17.2. The highest BCUT2D eigenvalue weighted by Crippen LogP contribution is 2.41. The van der Waals surface area contributed by atoms with Gasteiger partial charge in [-0.25, -0.2) is 4.98 Å². The van der Waals surface area contributed by atoms with Gasteiger partial charge in [0.2, 0.25) is 0 Å². The third-order valence-corrected chi connectivity index (χ3v) is 11.2. The van der Waals surface area contributed by atoms with Gasteiger partial charge in [-0.2, -0.15) is 0 Å². The van der Waals surface area contributed by atoms with Crippen LogP contribution in [0.25, 0.3) is 33.5 Å². The molecule has 48 heavy (non-hydrogen) atoms. The molecule has 10 nitrogen and oxygen atoms in total. The number of phenolic OH excluding ortho intramolecular Hbond substituents is 1. The number of nitrogens with two attached hydrogens (primary N) is 1. The predicted molar refractivity (Wildman–Crippen MR) is 183 cm³/mol. The van der Waals surface area contributed by atoms with E-state index in [0.29, 0.717) is 54.9 Å². The van der Waals surface area contributed by atoms with Crippen LogP contribution in [-0.4, -0.2) is 79.7 Å². The maximum absolute atomic E-state index is 13.9. The highest BCUT2D eigenvalue weighted by Gasteiger charge is 2.47. The van der Waals surface area contributed by atoms with Crippen molar-refractivity contribution in [1.82, 2.24) is 23.9 Å². The number of piperidine rings is 1. The monoisotopic (exact) mass is 644 g/mol. The van der Waals surface area contributed by atoms with E-state index >= 15 is 0 Å². The van der Waals surface area contributed by atoms with E-state index in [0.717, 1.165) is 41.9 Å². The smallest absolute Gasteiger partial charge is 0.254 e. The zero-order chi connectivity index (χ0) is 32.7. The highest BCUT2D eigenvalue weighted by molar-refractivity contribution is 6.01. The van der Waals surface area contributed by atoms with Crippen molar-refractivity contribution in [3.8, 4) is 23.0 Å². The summed E-state index contributed by atoms with van der Waals surface area (Å²) < 4.78 is 10.7. The molecule has 3 atom stereocenters. The second kappa shape index (κ2) is 11.1. The number of fused-ring (bicyclic) bond motifs is 4. The fourth-order valence-corrected chi connectivity index (χ4v) is 8.38. The number of likely N-dealkylation sites (tertiary alicyclic amines) is 2. The van der Waals surface area contributed by atoms with Gasteiger partial charge in [0, 0.05) is 72.8 Å². The standard InChI is InChI=1S/C38H40N6O4/c1-48-33-16-27(38(47)43-21-26-10-13-31(43)34(26)39)14-29-35(33)44(20-23-17-41(18-23)37(46)24-8-11-28(45)12-9-24)36(40-29)32-15-25-4-2-3-5-30(25)42(32)19-22-6-7-22/h2-5,8-9,11-12,14-16,22-23,26,31,34,45H,6-7,10,13,17-21,39H2,1H3/t26?,31?,34-/m1/s1. The molecule has 246 valence electrons. The van der Waals surface area contributed by atoms with E-state index in [1.54, 1.807) is 31.4 Å². The molecular formula is C38H40N6O4. The van der Waals surface area contributed by atoms with Crippen molar-refractivity contribution in [2.45, 2.75) is 50.9 Å². The van der Waals surface area contributed by atoms with E-state index < -0.39 is 0 Å². The number of hydrogen-bond donors (Lipinski definition) is 2. The molecule has 2 amide bonds. The second-order valence-corrected chi connectivity index (χ2v) is 14.3. The molecule has 4 heterocycles. The summed E-state index contributed by atoms with van der Waals surface area (Å²) >= 11 is 0. The molecule has 4 fully saturated rings. The molecular weight excluding hydrogens is 604 g/mol. The Bertz CT molecular complexity index is 2070. The molecule has 0 spiro atoms. The van der Waals surface area contributed by atoms with Gasteiger partial charge in [-0.05, 0) is 86.1 Å². The van der Waals surface area contributed by atoms with E-state index in [-0.39, 0.29) is 35.6 Å². The number of para-hydroxylation sites is 1. The van der Waals surface area contributed by atoms with Crippen LogP contribution >= 0.6 is 0 Å². The number of rotatable bonds is 8. The number of hydrogen-bond acceptors (Lipinski definition) is 6. The molecule has 3 aromatic carbocycles. The van der Waals surface area contributed by atoms with E-state index in [1.165, 1.54) is 23.7 Å². The minimum Gasteiger partial charge on any atom is -0.508 e. The minimum atomic E-state index is -0.0393. The van der Waals surface area contributed by atoms with Crippen LogP contribution < -0.4 is 10.5 Å². The lowest BCUT2D eigenvalue weighted by Gasteiger charge is -2.39. The van der Waals surface area contributed by atoms with Gasteiger partial charge in [0.25, 0.3) is 11.8 Å². The predicted octanol–water partition coefficient (Wildman–Crippen LogP) is 5.12. The van der Waals surface area contributed by atoms with Crippen molar-refractivity contribution >= 4 is 33.8 Å². The molecule has 3 N–H and O–H groups in total. The summed E-state index contributed by atoms with van der Waals surface area (Å²) in [4.78, 5) is 36.2. The number of nitrogens with zero attached hydrogens (tertiary/aromatic N) is 5. The summed E-state index contributed by atoms with van der Waals surface area (Å²) in [6.07, 6.45) is 4.50. The molecule has 2 saturated carbocycles. The molecule has 2 bridgehead atoms. The average Bonchev–Trinajstić information content (AvgIpc) is 3.44. The van der Waals surface area contributed by atoms with Gasteiger partial charge in [-0.15, -0.1) is 0 Å². The Morgan fingerprint density at radius 3 is 2.35 bits per heavy atom. The third-order valence-electron chi connectivity index (χ3n) is 11.2. The van der Waals surface area contributed by atoms with Gasteiger partial charge in [0.15, 0.2) is 5.82 Å². The van der Waals surface area contributed by atoms with E-state index in [4.69, 9.17) is 15.5 Å². The van der Waals surface area contributed by atoms with E-state index in [2.05, 4.69) is 39.5 Å². The van der Waals surface area contributed by atoms with E-state index in [9.17, 15) is 14.7 Å². The summed E-state index contributed by atoms with van der Waals surface area (Å²) in [5.74, 6) is 2.77. The molecule has 2 saturated heterocycles. The molecule has 2 aromatic heterocycles. The van der Waals surface area contributed by atoms with Crippen molar-refractivity contribution in [3.05, 3.63) is 77.9 Å². The highest BCUT2D eigenvalue weighted by atomic mass is 16.5. The Balaban J connectivity index is 1.11. The van der Waals surface area contributed by atoms with Crippen LogP contribution in [0.2, 0.25) is 0 Å². The second-order valence-electron chi connectivity index (χ2n) is 14.3. The zero-order valence-electron chi connectivity index (χ0n) is 27.1. The van der Waals surface area contributed by atoms with Crippen molar-refractivity contribution < 1.29 is 19.4 Å². The lowest BCUT2D eigenvalue weighted by Crippen LogP contribution is -2.51. The average molecular weight is 645 g/mol. The van der Waals surface area contributed by atoms with Crippen LogP contribution in [0.5, 0.6) is 11.5 Å². The number of benzene rings is 3. The maximum Gasteiger partial charge on any atom is 0.254 e. The first kappa shape index (κ1) is 29.3. The topological polar surface area (TPSA) is 119 Å². The fourth-order valence-electron chi connectivity index (χ4n) is 8.38. The number of amides is 2. The number of phenols is 1. The summed E-state index contributed by atoms with van der Waals surface area (Å²) in [7, 11) is 1.65. The third kappa shape index (κ3) is 4.76. The fraction of sp³-hybridized carbons (Fsp3) is 0.395. The summed E-state index contributed by atoms with van der Waals surface area (Å²) in [6.45, 7) is 3.50. The molecule has 4 aliphatic rings. The number of imidazole rings is 1.